The fourth-order valence-electron chi connectivity index (χ4n) is 3.56. The number of hydrogen-bond donors (Lipinski definition) is 1. The predicted octanol–water partition coefficient (Wildman–Crippen LogP) is 4.02. The first-order valence-corrected chi connectivity index (χ1v) is 11.1. The topological polar surface area (TPSA) is 93.5 Å². The van der Waals surface area contributed by atoms with Crippen molar-refractivity contribution in [2.45, 2.75) is 12.8 Å². The molecule has 0 radical (unpaired) electrons. The monoisotopic (exact) mass is 460 g/mol. The molecule has 4 rings (SSSR count). The Morgan fingerprint density at radius 2 is 1.94 bits per heavy atom. The molecule has 8 heteroatoms. The maximum atomic E-state index is 12.1. The van der Waals surface area contributed by atoms with Crippen LogP contribution in [0, 0.1) is 0 Å². The van der Waals surface area contributed by atoms with Crippen molar-refractivity contribution in [3.8, 4) is 34.1 Å². The van der Waals surface area contributed by atoms with Gasteiger partial charge in [0.15, 0.2) is 11.7 Å². The largest absolute Gasteiger partial charge is 0.497 e. The lowest BCUT2D eigenvalue weighted by atomic mass is 10.1. The number of nitrogens with zero attached hydrogens (tertiary/aromatic N) is 3. The van der Waals surface area contributed by atoms with E-state index in [1.54, 1.807) is 37.8 Å². The Morgan fingerprint density at radius 1 is 1.09 bits per heavy atom. The first-order chi connectivity index (χ1) is 16.5. The summed E-state index contributed by atoms with van der Waals surface area (Å²) in [4.78, 5) is 25.7. The van der Waals surface area contributed by atoms with E-state index >= 15 is 0 Å². The predicted molar refractivity (Wildman–Crippen MR) is 130 cm³/mol. The molecule has 8 nitrogen and oxygen atoms in total. The molecule has 0 saturated carbocycles. The van der Waals surface area contributed by atoms with Crippen molar-refractivity contribution in [3.63, 3.8) is 0 Å². The highest BCUT2D eigenvalue weighted by Gasteiger charge is 2.12. The number of ether oxygens (including phenoxy) is 2. The van der Waals surface area contributed by atoms with Gasteiger partial charge < -0.3 is 23.8 Å². The second-order valence-corrected chi connectivity index (χ2v) is 8.16. The third-order valence-corrected chi connectivity index (χ3v) is 5.24. The number of H-pyrrole nitrogens is 1. The molecule has 0 fully saturated rings. The van der Waals surface area contributed by atoms with Crippen LogP contribution in [0.5, 0.6) is 11.5 Å². The highest BCUT2D eigenvalue weighted by atomic mass is 16.5. The minimum atomic E-state index is -0.192. The Balaban J connectivity index is 1.50. The van der Waals surface area contributed by atoms with Crippen LogP contribution in [0.1, 0.15) is 17.9 Å². The first-order valence-electron chi connectivity index (χ1n) is 11.1. The SMILES string of the molecule is COc1cc(Cc2ncc(-c3ccnc(-c4ccc[nH]c4=O)c3)o2)cc(OCCCN(C)C)c1. The Morgan fingerprint density at radius 3 is 2.74 bits per heavy atom. The third kappa shape index (κ3) is 5.90. The van der Waals surface area contributed by atoms with Gasteiger partial charge in [0.25, 0.3) is 5.56 Å². The van der Waals surface area contributed by atoms with Crippen molar-refractivity contribution in [1.29, 1.82) is 0 Å². The van der Waals surface area contributed by atoms with Crippen LogP contribution >= 0.6 is 0 Å². The molecule has 1 N–H and O–H groups in total. The zero-order valence-electron chi connectivity index (χ0n) is 19.6. The maximum Gasteiger partial charge on any atom is 0.257 e. The minimum absolute atomic E-state index is 0.192. The molecule has 0 saturated heterocycles. The fraction of sp³-hybridized carbons (Fsp3) is 0.269. The number of oxazole rings is 1. The van der Waals surface area contributed by atoms with E-state index < -0.39 is 0 Å². The molecular weight excluding hydrogens is 432 g/mol. The van der Waals surface area contributed by atoms with E-state index in [-0.39, 0.29) is 5.56 Å². The number of aromatic amines is 1. The van der Waals surface area contributed by atoms with Crippen LogP contribution in [0.15, 0.2) is 70.3 Å². The average Bonchev–Trinajstić information content (AvgIpc) is 3.30. The second-order valence-electron chi connectivity index (χ2n) is 8.16. The van der Waals surface area contributed by atoms with Crippen LogP contribution < -0.4 is 15.0 Å². The lowest BCUT2D eigenvalue weighted by molar-refractivity contribution is 0.280. The van der Waals surface area contributed by atoms with Crippen molar-refractivity contribution in [2.24, 2.45) is 0 Å². The number of pyridine rings is 2. The molecule has 1 aromatic carbocycles. The molecule has 34 heavy (non-hydrogen) atoms. The van der Waals surface area contributed by atoms with Gasteiger partial charge in [-0.3, -0.25) is 9.78 Å². The molecule has 0 spiro atoms. The number of aromatic nitrogens is 3. The van der Waals surface area contributed by atoms with Gasteiger partial charge in [-0.2, -0.15) is 0 Å². The maximum absolute atomic E-state index is 12.1. The summed E-state index contributed by atoms with van der Waals surface area (Å²) < 4.78 is 17.4. The normalized spacial score (nSPS) is 11.1. The fourth-order valence-corrected chi connectivity index (χ4v) is 3.56. The molecule has 3 aromatic heterocycles. The highest BCUT2D eigenvalue weighted by molar-refractivity contribution is 5.66. The van der Waals surface area contributed by atoms with Crippen LogP contribution in [-0.4, -0.2) is 54.2 Å². The third-order valence-electron chi connectivity index (χ3n) is 5.24. The summed E-state index contributed by atoms with van der Waals surface area (Å²) in [7, 11) is 5.72. The van der Waals surface area contributed by atoms with Crippen molar-refractivity contribution in [3.05, 3.63) is 82.9 Å². The van der Waals surface area contributed by atoms with Gasteiger partial charge in [0.1, 0.15) is 11.5 Å². The number of nitrogens with one attached hydrogen (secondary N) is 1. The van der Waals surface area contributed by atoms with Gasteiger partial charge in [0.05, 0.1) is 31.2 Å². The molecule has 3 heterocycles. The summed E-state index contributed by atoms with van der Waals surface area (Å²) in [5.41, 5.74) is 2.65. The van der Waals surface area contributed by atoms with Gasteiger partial charge in [-0.05, 0) is 62.5 Å². The summed E-state index contributed by atoms with van der Waals surface area (Å²) in [6, 6.07) is 13.0. The number of rotatable bonds is 10. The Bertz CT molecular complexity index is 1300. The summed E-state index contributed by atoms with van der Waals surface area (Å²) in [5.74, 6) is 2.65. The second kappa shape index (κ2) is 10.8. The molecule has 0 atom stereocenters. The number of benzene rings is 1. The molecule has 0 aliphatic heterocycles. The van der Waals surface area contributed by atoms with E-state index in [1.165, 1.54) is 0 Å². The molecular formula is C26H28N4O4. The minimum Gasteiger partial charge on any atom is -0.497 e. The first kappa shape index (κ1) is 23.3. The van der Waals surface area contributed by atoms with Crippen LogP contribution in [-0.2, 0) is 6.42 Å². The molecule has 4 aromatic rings. The van der Waals surface area contributed by atoms with Crippen LogP contribution in [0.3, 0.4) is 0 Å². The molecule has 0 unspecified atom stereocenters. The van der Waals surface area contributed by atoms with Crippen LogP contribution in [0.4, 0.5) is 0 Å². The van der Waals surface area contributed by atoms with Gasteiger partial charge in [0, 0.05) is 37.0 Å². The van der Waals surface area contributed by atoms with Crippen molar-refractivity contribution in [2.75, 3.05) is 34.4 Å². The van der Waals surface area contributed by atoms with E-state index in [1.807, 2.05) is 44.4 Å². The summed E-state index contributed by atoms with van der Waals surface area (Å²) in [6.07, 6.45) is 6.36. The molecule has 0 amide bonds. The van der Waals surface area contributed by atoms with Gasteiger partial charge in [-0.1, -0.05) is 0 Å². The summed E-state index contributed by atoms with van der Waals surface area (Å²) >= 11 is 0. The van der Waals surface area contributed by atoms with E-state index in [2.05, 4.69) is 19.9 Å². The van der Waals surface area contributed by atoms with Gasteiger partial charge in [0.2, 0.25) is 0 Å². The quantitative estimate of drug-likeness (QED) is 0.357. The standard InChI is InChI=1S/C26H28N4O4/c1-30(2)10-5-11-33-21-13-18(12-20(16-21)32-3)14-25-29-17-24(34-25)19-7-9-27-23(15-19)22-6-4-8-28-26(22)31/h4,6-9,12-13,15-17H,5,10-11,14H2,1-3H3,(H,28,31). The van der Waals surface area contributed by atoms with Gasteiger partial charge >= 0.3 is 0 Å². The lowest BCUT2D eigenvalue weighted by Crippen LogP contribution is -2.15. The zero-order valence-corrected chi connectivity index (χ0v) is 19.6. The number of hydrogen-bond acceptors (Lipinski definition) is 7. The zero-order chi connectivity index (χ0) is 23.9. The molecule has 0 bridgehead atoms. The molecule has 0 aliphatic carbocycles. The average molecular weight is 461 g/mol. The Hall–Kier alpha value is -3.91. The van der Waals surface area contributed by atoms with Crippen molar-refractivity contribution >= 4 is 0 Å². The van der Waals surface area contributed by atoms with Gasteiger partial charge in [-0.25, -0.2) is 4.98 Å². The van der Waals surface area contributed by atoms with E-state index in [4.69, 9.17) is 13.9 Å². The van der Waals surface area contributed by atoms with Gasteiger partial charge in [-0.15, -0.1) is 0 Å². The molecule has 0 aliphatic rings. The van der Waals surface area contributed by atoms with E-state index in [0.29, 0.717) is 35.9 Å². The van der Waals surface area contributed by atoms with Crippen LogP contribution in [0.25, 0.3) is 22.6 Å². The number of methoxy groups -OCH3 is 1. The Kier molecular flexibility index (Phi) is 7.39. The summed E-state index contributed by atoms with van der Waals surface area (Å²) in [6.45, 7) is 1.59. The van der Waals surface area contributed by atoms with E-state index in [9.17, 15) is 4.79 Å². The molecule has 176 valence electrons. The Labute approximate surface area is 198 Å². The summed E-state index contributed by atoms with van der Waals surface area (Å²) in [5, 5.41) is 0. The van der Waals surface area contributed by atoms with E-state index in [0.717, 1.165) is 35.6 Å². The smallest absolute Gasteiger partial charge is 0.257 e. The van der Waals surface area contributed by atoms with Crippen LogP contribution in [0.2, 0.25) is 0 Å². The highest BCUT2D eigenvalue weighted by Crippen LogP contribution is 2.27. The lowest BCUT2D eigenvalue weighted by Gasteiger charge is -2.12. The van der Waals surface area contributed by atoms with Crippen molar-refractivity contribution < 1.29 is 13.9 Å². The van der Waals surface area contributed by atoms with Crippen molar-refractivity contribution in [1.82, 2.24) is 19.9 Å².